The lowest BCUT2D eigenvalue weighted by Gasteiger charge is -2.05. The number of carbonyl (C=O) groups is 1. The highest BCUT2D eigenvalue weighted by Gasteiger charge is 2.18. The van der Waals surface area contributed by atoms with Gasteiger partial charge in [-0.1, -0.05) is 60.7 Å². The van der Waals surface area contributed by atoms with Gasteiger partial charge < -0.3 is 10.7 Å². The Hall–Kier alpha value is -3.07. The van der Waals surface area contributed by atoms with Crippen molar-refractivity contribution in [3.8, 4) is 0 Å². The van der Waals surface area contributed by atoms with E-state index in [1.807, 2.05) is 66.7 Å². The molecule has 4 rings (SSSR count). The quantitative estimate of drug-likeness (QED) is 0.544. The van der Waals surface area contributed by atoms with E-state index in [-0.39, 0.29) is 5.78 Å². The molecule has 0 aliphatic heterocycles. The number of hydrogen-bond donors (Lipinski definition) is 2. The van der Waals surface area contributed by atoms with E-state index in [1.165, 1.54) is 0 Å². The van der Waals surface area contributed by atoms with E-state index in [0.29, 0.717) is 16.9 Å². The van der Waals surface area contributed by atoms with Gasteiger partial charge in [0.1, 0.15) is 5.69 Å². The third-order valence-electron chi connectivity index (χ3n) is 4.01. The molecule has 0 saturated carbocycles. The van der Waals surface area contributed by atoms with Gasteiger partial charge in [-0.05, 0) is 16.8 Å². The third-order valence-corrected chi connectivity index (χ3v) is 4.01. The minimum absolute atomic E-state index is 0.0782. The van der Waals surface area contributed by atoms with E-state index in [1.54, 1.807) is 0 Å². The second-order valence-corrected chi connectivity index (χ2v) is 5.32. The molecule has 106 valence electrons. The summed E-state index contributed by atoms with van der Waals surface area (Å²) < 4.78 is 0. The van der Waals surface area contributed by atoms with Crippen molar-refractivity contribution >= 4 is 33.1 Å². The molecule has 0 fully saturated rings. The zero-order valence-electron chi connectivity index (χ0n) is 11.8. The van der Waals surface area contributed by atoms with Crippen LogP contribution in [0.1, 0.15) is 16.1 Å². The molecule has 3 aromatic carbocycles. The van der Waals surface area contributed by atoms with Crippen molar-refractivity contribution in [1.82, 2.24) is 4.98 Å². The lowest BCUT2D eigenvalue weighted by molar-refractivity contribution is 0.103. The fourth-order valence-electron chi connectivity index (χ4n) is 2.90. The zero-order chi connectivity index (χ0) is 15.1. The summed E-state index contributed by atoms with van der Waals surface area (Å²) in [5, 5.41) is 2.86. The fourth-order valence-corrected chi connectivity index (χ4v) is 2.90. The van der Waals surface area contributed by atoms with Gasteiger partial charge in [-0.15, -0.1) is 0 Å². The Bertz CT molecular complexity index is 1010. The normalized spacial score (nSPS) is 11.1. The number of anilines is 1. The number of nitrogen functional groups attached to an aromatic ring is 1. The number of para-hydroxylation sites is 1. The molecule has 0 radical (unpaired) electrons. The molecule has 3 N–H and O–H groups in total. The minimum atomic E-state index is -0.0782. The van der Waals surface area contributed by atoms with E-state index in [2.05, 4.69) is 4.98 Å². The fraction of sp³-hybridized carbons (Fsp3) is 0. The monoisotopic (exact) mass is 286 g/mol. The van der Waals surface area contributed by atoms with E-state index in [0.717, 1.165) is 21.7 Å². The molecule has 0 unspecified atom stereocenters. The van der Waals surface area contributed by atoms with Crippen LogP contribution in [0.25, 0.3) is 21.7 Å². The van der Waals surface area contributed by atoms with Crippen LogP contribution in [-0.2, 0) is 0 Å². The summed E-state index contributed by atoms with van der Waals surface area (Å²) in [6, 6.07) is 21.3. The maximum Gasteiger partial charge on any atom is 0.211 e. The van der Waals surface area contributed by atoms with Gasteiger partial charge in [-0.2, -0.15) is 0 Å². The molecule has 3 heteroatoms. The van der Waals surface area contributed by atoms with Crippen LogP contribution in [0, 0.1) is 0 Å². The van der Waals surface area contributed by atoms with Crippen LogP contribution >= 0.6 is 0 Å². The first-order valence-corrected chi connectivity index (χ1v) is 7.14. The van der Waals surface area contributed by atoms with Crippen LogP contribution in [0.5, 0.6) is 0 Å². The molecule has 0 atom stereocenters. The molecular formula is C19H14N2O. The van der Waals surface area contributed by atoms with E-state index < -0.39 is 0 Å². The molecular weight excluding hydrogens is 272 g/mol. The lowest BCUT2D eigenvalue weighted by Crippen LogP contribution is -2.05. The summed E-state index contributed by atoms with van der Waals surface area (Å²) in [6.07, 6.45) is 0. The van der Waals surface area contributed by atoms with E-state index in [4.69, 9.17) is 5.73 Å². The molecule has 0 saturated heterocycles. The molecule has 3 nitrogen and oxygen atoms in total. The van der Waals surface area contributed by atoms with Crippen molar-refractivity contribution in [2.45, 2.75) is 0 Å². The van der Waals surface area contributed by atoms with Crippen molar-refractivity contribution in [2.75, 3.05) is 5.73 Å². The van der Waals surface area contributed by atoms with Gasteiger partial charge in [0.25, 0.3) is 0 Å². The Morgan fingerprint density at radius 3 is 2.32 bits per heavy atom. The zero-order valence-corrected chi connectivity index (χ0v) is 11.8. The van der Waals surface area contributed by atoms with Crippen molar-refractivity contribution in [1.29, 1.82) is 0 Å². The average Bonchev–Trinajstić information content (AvgIpc) is 2.91. The van der Waals surface area contributed by atoms with Gasteiger partial charge >= 0.3 is 0 Å². The standard InChI is InChI=1S/C19H14N2O/c20-17-15-9-3-4-11-16(15)21-18(17)19(22)14-10-5-7-12-6-1-2-8-13(12)14/h1-11,21H,20H2. The number of benzene rings is 3. The summed E-state index contributed by atoms with van der Waals surface area (Å²) in [7, 11) is 0. The molecule has 1 heterocycles. The Labute approximate surface area is 127 Å². The van der Waals surface area contributed by atoms with Crippen LogP contribution in [0.3, 0.4) is 0 Å². The number of aromatic amines is 1. The van der Waals surface area contributed by atoms with Gasteiger partial charge in [0.15, 0.2) is 0 Å². The first kappa shape index (κ1) is 12.7. The molecule has 0 bridgehead atoms. The van der Waals surface area contributed by atoms with Crippen LogP contribution in [0.15, 0.2) is 66.7 Å². The number of carbonyl (C=O) groups excluding carboxylic acids is 1. The molecule has 1 aromatic heterocycles. The van der Waals surface area contributed by atoms with Gasteiger partial charge in [0.05, 0.1) is 5.69 Å². The smallest absolute Gasteiger partial charge is 0.211 e. The third kappa shape index (κ3) is 1.79. The second-order valence-electron chi connectivity index (χ2n) is 5.32. The highest BCUT2D eigenvalue weighted by atomic mass is 16.1. The summed E-state index contributed by atoms with van der Waals surface area (Å²) in [4.78, 5) is 16.1. The average molecular weight is 286 g/mol. The Balaban J connectivity index is 1.94. The first-order valence-electron chi connectivity index (χ1n) is 7.14. The van der Waals surface area contributed by atoms with Crippen molar-refractivity contribution in [2.24, 2.45) is 0 Å². The number of fused-ring (bicyclic) bond motifs is 2. The minimum Gasteiger partial charge on any atom is -0.396 e. The van der Waals surface area contributed by atoms with Crippen LogP contribution in [0.2, 0.25) is 0 Å². The topological polar surface area (TPSA) is 58.9 Å². The number of rotatable bonds is 2. The highest BCUT2D eigenvalue weighted by Crippen LogP contribution is 2.28. The van der Waals surface area contributed by atoms with Crippen molar-refractivity contribution in [3.63, 3.8) is 0 Å². The molecule has 22 heavy (non-hydrogen) atoms. The summed E-state index contributed by atoms with van der Waals surface area (Å²) in [5.41, 5.74) is 8.67. The van der Waals surface area contributed by atoms with Crippen molar-refractivity contribution < 1.29 is 4.79 Å². The summed E-state index contributed by atoms with van der Waals surface area (Å²) in [6.45, 7) is 0. The number of aromatic nitrogens is 1. The molecule has 0 spiro atoms. The number of hydrogen-bond acceptors (Lipinski definition) is 2. The maximum absolute atomic E-state index is 12.9. The Morgan fingerprint density at radius 2 is 1.50 bits per heavy atom. The van der Waals surface area contributed by atoms with E-state index >= 15 is 0 Å². The number of H-pyrrole nitrogens is 1. The number of ketones is 1. The van der Waals surface area contributed by atoms with Crippen molar-refractivity contribution in [3.05, 3.63) is 78.0 Å². The van der Waals surface area contributed by atoms with Gasteiger partial charge in [0.2, 0.25) is 5.78 Å². The number of nitrogens with two attached hydrogens (primary N) is 1. The molecule has 0 amide bonds. The Morgan fingerprint density at radius 1 is 0.818 bits per heavy atom. The van der Waals surface area contributed by atoms with Gasteiger partial charge in [-0.25, -0.2) is 0 Å². The predicted molar refractivity (Wildman–Crippen MR) is 90.1 cm³/mol. The SMILES string of the molecule is Nc1c(C(=O)c2cccc3ccccc23)[nH]c2ccccc12. The summed E-state index contributed by atoms with van der Waals surface area (Å²) in [5.74, 6) is -0.0782. The second kappa shape index (κ2) is 4.74. The lowest BCUT2D eigenvalue weighted by atomic mass is 9.99. The van der Waals surface area contributed by atoms with Crippen LogP contribution in [0.4, 0.5) is 5.69 Å². The van der Waals surface area contributed by atoms with Gasteiger partial charge in [-0.3, -0.25) is 4.79 Å². The summed E-state index contributed by atoms with van der Waals surface area (Å²) >= 11 is 0. The van der Waals surface area contributed by atoms with Gasteiger partial charge in [0, 0.05) is 16.5 Å². The maximum atomic E-state index is 12.9. The Kier molecular flexibility index (Phi) is 2.73. The molecule has 0 aliphatic carbocycles. The van der Waals surface area contributed by atoms with E-state index in [9.17, 15) is 4.79 Å². The highest BCUT2D eigenvalue weighted by molar-refractivity contribution is 6.20. The number of nitrogens with one attached hydrogen (secondary N) is 1. The first-order chi connectivity index (χ1) is 10.8. The molecule has 4 aromatic rings. The van der Waals surface area contributed by atoms with Crippen LogP contribution in [-0.4, -0.2) is 10.8 Å². The predicted octanol–water partition coefficient (Wildman–Crippen LogP) is 4.13. The largest absolute Gasteiger partial charge is 0.396 e. The molecule has 0 aliphatic rings. The van der Waals surface area contributed by atoms with Crippen LogP contribution < -0.4 is 5.73 Å².